The van der Waals surface area contributed by atoms with Gasteiger partial charge in [-0.15, -0.1) is 0 Å². The van der Waals surface area contributed by atoms with Crippen LogP contribution < -0.4 is 5.32 Å². The second-order valence-corrected chi connectivity index (χ2v) is 3.75. The second kappa shape index (κ2) is 5.31. The van der Waals surface area contributed by atoms with Crippen LogP contribution in [0.25, 0.3) is 0 Å². The smallest absolute Gasteiger partial charge is 0.254 e. The van der Waals surface area contributed by atoms with Crippen molar-refractivity contribution in [1.29, 1.82) is 5.26 Å². The van der Waals surface area contributed by atoms with Crippen LogP contribution >= 0.6 is 0 Å². The molecule has 0 saturated carbocycles. The van der Waals surface area contributed by atoms with Crippen LogP contribution in [0.5, 0.6) is 0 Å². The van der Waals surface area contributed by atoms with Gasteiger partial charge in [0.05, 0.1) is 23.7 Å². The first-order chi connectivity index (χ1) is 7.58. The molecule has 0 aromatic carbocycles. The standard InChI is InChI=1S/C11H16N4O/c1-4-10-9(7-15(3)14-10)11(16)13-8(2)5-6-12/h7-8H,4-5H2,1-3H3,(H,13,16). The zero-order chi connectivity index (χ0) is 12.1. The molecule has 1 unspecified atom stereocenters. The summed E-state index contributed by atoms with van der Waals surface area (Å²) in [7, 11) is 1.79. The molecule has 0 fully saturated rings. The number of hydrogen-bond donors (Lipinski definition) is 1. The Morgan fingerprint density at radius 2 is 2.44 bits per heavy atom. The van der Waals surface area contributed by atoms with Gasteiger partial charge >= 0.3 is 0 Å². The van der Waals surface area contributed by atoms with E-state index < -0.39 is 0 Å². The van der Waals surface area contributed by atoms with Gasteiger partial charge in [0.1, 0.15) is 0 Å². The summed E-state index contributed by atoms with van der Waals surface area (Å²) in [6.45, 7) is 3.76. The molecule has 0 spiro atoms. The first kappa shape index (κ1) is 12.2. The van der Waals surface area contributed by atoms with E-state index >= 15 is 0 Å². The van der Waals surface area contributed by atoms with Crippen LogP contribution in [-0.2, 0) is 13.5 Å². The molecule has 0 radical (unpaired) electrons. The van der Waals surface area contributed by atoms with Crippen molar-refractivity contribution in [3.05, 3.63) is 17.5 Å². The molecule has 5 nitrogen and oxygen atoms in total. The van der Waals surface area contributed by atoms with E-state index in [0.29, 0.717) is 12.0 Å². The second-order valence-electron chi connectivity index (χ2n) is 3.75. The lowest BCUT2D eigenvalue weighted by Crippen LogP contribution is -2.32. The third-order valence-electron chi connectivity index (χ3n) is 2.26. The van der Waals surface area contributed by atoms with E-state index in [1.165, 1.54) is 0 Å². The molecule has 1 N–H and O–H groups in total. The van der Waals surface area contributed by atoms with Gasteiger partial charge in [0.25, 0.3) is 5.91 Å². The third-order valence-corrected chi connectivity index (χ3v) is 2.26. The average molecular weight is 220 g/mol. The fourth-order valence-corrected chi connectivity index (χ4v) is 1.47. The number of rotatable bonds is 4. The molecule has 0 aliphatic rings. The van der Waals surface area contributed by atoms with Crippen molar-refractivity contribution in [2.75, 3.05) is 0 Å². The summed E-state index contributed by atoms with van der Waals surface area (Å²) < 4.78 is 1.63. The van der Waals surface area contributed by atoms with Crippen LogP contribution in [0.15, 0.2) is 6.20 Å². The van der Waals surface area contributed by atoms with E-state index in [1.54, 1.807) is 17.9 Å². The van der Waals surface area contributed by atoms with Gasteiger partial charge in [0.2, 0.25) is 0 Å². The van der Waals surface area contributed by atoms with Crippen LogP contribution in [0.4, 0.5) is 0 Å². The predicted octanol–water partition coefficient (Wildman–Crippen LogP) is 1.01. The van der Waals surface area contributed by atoms with E-state index in [1.807, 2.05) is 19.9 Å². The van der Waals surface area contributed by atoms with Gasteiger partial charge in [-0.2, -0.15) is 10.4 Å². The summed E-state index contributed by atoms with van der Waals surface area (Å²) in [5.41, 5.74) is 1.37. The van der Waals surface area contributed by atoms with Crippen molar-refractivity contribution in [2.45, 2.75) is 32.7 Å². The van der Waals surface area contributed by atoms with Gasteiger partial charge < -0.3 is 5.32 Å². The molecular weight excluding hydrogens is 204 g/mol. The zero-order valence-corrected chi connectivity index (χ0v) is 9.82. The molecule has 0 aliphatic carbocycles. The number of nitrogens with one attached hydrogen (secondary N) is 1. The first-order valence-electron chi connectivity index (χ1n) is 5.28. The Morgan fingerprint density at radius 3 is 3.00 bits per heavy atom. The molecular formula is C11H16N4O. The van der Waals surface area contributed by atoms with Crippen LogP contribution in [0.3, 0.4) is 0 Å². The van der Waals surface area contributed by atoms with Gasteiger partial charge in [0, 0.05) is 19.3 Å². The summed E-state index contributed by atoms with van der Waals surface area (Å²) in [4.78, 5) is 11.8. The molecule has 0 aliphatic heterocycles. The van der Waals surface area contributed by atoms with E-state index in [0.717, 1.165) is 12.1 Å². The number of nitriles is 1. The van der Waals surface area contributed by atoms with Crippen molar-refractivity contribution < 1.29 is 4.79 Å². The van der Waals surface area contributed by atoms with Gasteiger partial charge in [-0.05, 0) is 13.3 Å². The van der Waals surface area contributed by atoms with Crippen molar-refractivity contribution in [3.8, 4) is 6.07 Å². The molecule has 0 bridgehead atoms. The average Bonchev–Trinajstić information content (AvgIpc) is 2.59. The summed E-state index contributed by atoms with van der Waals surface area (Å²) in [6, 6.07) is 1.89. The minimum atomic E-state index is -0.160. The zero-order valence-electron chi connectivity index (χ0n) is 9.82. The molecule has 16 heavy (non-hydrogen) atoms. The summed E-state index contributed by atoms with van der Waals surface area (Å²) in [5, 5.41) is 15.5. The molecule has 1 amide bonds. The number of amides is 1. The van der Waals surface area contributed by atoms with Gasteiger partial charge in [-0.25, -0.2) is 0 Å². The SMILES string of the molecule is CCc1nn(C)cc1C(=O)NC(C)CC#N. The monoisotopic (exact) mass is 220 g/mol. The van der Waals surface area contributed by atoms with Crippen LogP contribution in [0, 0.1) is 11.3 Å². The first-order valence-corrected chi connectivity index (χ1v) is 5.28. The Kier molecular flexibility index (Phi) is 4.06. The van der Waals surface area contributed by atoms with Crippen molar-refractivity contribution in [2.24, 2.45) is 7.05 Å². The van der Waals surface area contributed by atoms with Crippen molar-refractivity contribution in [1.82, 2.24) is 15.1 Å². The molecule has 5 heteroatoms. The van der Waals surface area contributed by atoms with Crippen molar-refractivity contribution >= 4 is 5.91 Å². The van der Waals surface area contributed by atoms with Gasteiger partial charge in [-0.1, -0.05) is 6.92 Å². The highest BCUT2D eigenvalue weighted by molar-refractivity contribution is 5.95. The van der Waals surface area contributed by atoms with Crippen LogP contribution in [0.2, 0.25) is 0 Å². The molecule has 0 saturated heterocycles. The predicted molar refractivity (Wildman–Crippen MR) is 59.7 cm³/mol. The lowest BCUT2D eigenvalue weighted by molar-refractivity contribution is 0.0940. The molecule has 1 aromatic rings. The van der Waals surface area contributed by atoms with Gasteiger partial charge in [0.15, 0.2) is 0 Å². The van der Waals surface area contributed by atoms with E-state index in [4.69, 9.17) is 5.26 Å². The van der Waals surface area contributed by atoms with Crippen molar-refractivity contribution in [3.63, 3.8) is 0 Å². The summed E-state index contributed by atoms with van der Waals surface area (Å²) in [6.07, 6.45) is 2.73. The lowest BCUT2D eigenvalue weighted by Gasteiger charge is -2.09. The van der Waals surface area contributed by atoms with Crippen LogP contribution in [0.1, 0.15) is 36.3 Å². The summed E-state index contributed by atoms with van der Waals surface area (Å²) in [5.74, 6) is -0.160. The Labute approximate surface area is 95.1 Å². The number of carbonyl (C=O) groups is 1. The number of hydrogen-bond acceptors (Lipinski definition) is 3. The van der Waals surface area contributed by atoms with Crippen LogP contribution in [-0.4, -0.2) is 21.7 Å². The number of nitrogens with zero attached hydrogens (tertiary/aromatic N) is 3. The highest BCUT2D eigenvalue weighted by Crippen LogP contribution is 2.07. The third kappa shape index (κ3) is 2.83. The largest absolute Gasteiger partial charge is 0.348 e. The quantitative estimate of drug-likeness (QED) is 0.823. The Balaban J connectivity index is 2.76. The number of aryl methyl sites for hydroxylation is 2. The highest BCUT2D eigenvalue weighted by Gasteiger charge is 2.15. The highest BCUT2D eigenvalue weighted by atomic mass is 16.1. The maximum absolute atomic E-state index is 11.8. The molecule has 86 valence electrons. The molecule has 1 rings (SSSR count). The van der Waals surface area contributed by atoms with E-state index in [2.05, 4.69) is 10.4 Å². The van der Waals surface area contributed by atoms with E-state index in [-0.39, 0.29) is 11.9 Å². The Morgan fingerprint density at radius 1 is 1.75 bits per heavy atom. The lowest BCUT2D eigenvalue weighted by atomic mass is 10.2. The van der Waals surface area contributed by atoms with E-state index in [9.17, 15) is 4.79 Å². The van der Waals surface area contributed by atoms with Gasteiger partial charge in [-0.3, -0.25) is 9.48 Å². The minimum absolute atomic E-state index is 0.137. The minimum Gasteiger partial charge on any atom is -0.348 e. The Hall–Kier alpha value is -1.83. The number of carbonyl (C=O) groups excluding carboxylic acids is 1. The fourth-order valence-electron chi connectivity index (χ4n) is 1.47. The summed E-state index contributed by atoms with van der Waals surface area (Å²) >= 11 is 0. The maximum Gasteiger partial charge on any atom is 0.254 e. The maximum atomic E-state index is 11.8. The topological polar surface area (TPSA) is 70.7 Å². The molecule has 1 atom stereocenters. The fraction of sp³-hybridized carbons (Fsp3) is 0.545. The molecule has 1 heterocycles. The molecule has 1 aromatic heterocycles. The number of aromatic nitrogens is 2. The Bertz CT molecular complexity index is 416. The normalized spacial score (nSPS) is 11.9.